The molecule has 3 N–H and O–H groups in total. The van der Waals surface area contributed by atoms with Crippen molar-refractivity contribution in [2.24, 2.45) is 10.7 Å². The van der Waals surface area contributed by atoms with E-state index in [4.69, 9.17) is 17.3 Å². The number of benzene rings is 1. The van der Waals surface area contributed by atoms with Crippen LogP contribution in [-0.4, -0.2) is 26.7 Å². The van der Waals surface area contributed by atoms with Crippen LogP contribution < -0.4 is 11.1 Å². The van der Waals surface area contributed by atoms with Gasteiger partial charge in [-0.25, -0.2) is 13.4 Å². The Labute approximate surface area is 143 Å². The van der Waals surface area contributed by atoms with Crippen molar-refractivity contribution in [2.75, 3.05) is 6.26 Å². The van der Waals surface area contributed by atoms with E-state index in [9.17, 15) is 8.42 Å². The molecule has 1 aliphatic rings. The van der Waals surface area contributed by atoms with Crippen LogP contribution in [-0.2, 0) is 16.4 Å². The Morgan fingerprint density at radius 2 is 1.96 bits per heavy atom. The largest absolute Gasteiger partial charge is 0.370 e. The van der Waals surface area contributed by atoms with Crippen LogP contribution in [0.25, 0.3) is 0 Å². The Balaban J connectivity index is 1.97. The van der Waals surface area contributed by atoms with Crippen molar-refractivity contribution >= 4 is 27.4 Å². The van der Waals surface area contributed by atoms with Crippen LogP contribution in [0, 0.1) is 0 Å². The zero-order chi connectivity index (χ0) is 16.9. The monoisotopic (exact) mass is 357 g/mol. The lowest BCUT2D eigenvalue weighted by atomic mass is 10.1. The van der Waals surface area contributed by atoms with Gasteiger partial charge in [0.2, 0.25) is 0 Å². The highest BCUT2D eigenvalue weighted by atomic mass is 35.5. The fourth-order valence-corrected chi connectivity index (χ4v) is 4.15. The normalized spacial score (nSPS) is 17.7. The molecule has 1 aromatic carbocycles. The van der Waals surface area contributed by atoms with Gasteiger partial charge in [0, 0.05) is 12.3 Å². The number of guanidine groups is 1. The summed E-state index contributed by atoms with van der Waals surface area (Å²) in [6.07, 6.45) is 8.44. The van der Waals surface area contributed by atoms with Gasteiger partial charge in [-0.3, -0.25) is 0 Å². The molecule has 1 saturated carbocycles. The van der Waals surface area contributed by atoms with Crippen LogP contribution in [0.4, 0.5) is 0 Å². The predicted molar refractivity (Wildman–Crippen MR) is 94.5 cm³/mol. The number of aliphatic imine (C=N–C) groups is 1. The molecule has 2 rings (SSSR count). The molecule has 0 aromatic heterocycles. The summed E-state index contributed by atoms with van der Waals surface area (Å²) < 4.78 is 23.1. The molecular formula is C16H24ClN3O2S. The number of hydrogen-bond donors (Lipinski definition) is 2. The van der Waals surface area contributed by atoms with Crippen molar-refractivity contribution in [3.63, 3.8) is 0 Å². The maximum Gasteiger partial charge on any atom is 0.189 e. The molecule has 1 fully saturated rings. The average Bonchev–Trinajstić information content (AvgIpc) is 2.72. The molecule has 7 heteroatoms. The van der Waals surface area contributed by atoms with Gasteiger partial charge < -0.3 is 11.1 Å². The standard InChI is InChI=1S/C16H24ClN3O2S/c1-23(21,22)15-9-8-12(10-14(15)17)11-19-16(18)20-13-6-4-2-3-5-7-13/h8-10,13H,2-7,11H2,1H3,(H3,18,19,20). The zero-order valence-electron chi connectivity index (χ0n) is 13.4. The molecule has 0 spiro atoms. The molecule has 0 unspecified atom stereocenters. The summed E-state index contributed by atoms with van der Waals surface area (Å²) >= 11 is 6.03. The van der Waals surface area contributed by atoms with Crippen LogP contribution in [0.5, 0.6) is 0 Å². The number of halogens is 1. The molecule has 23 heavy (non-hydrogen) atoms. The lowest BCUT2D eigenvalue weighted by Gasteiger charge is -2.16. The molecule has 0 heterocycles. The van der Waals surface area contributed by atoms with Crippen LogP contribution in [0.3, 0.4) is 0 Å². The molecule has 128 valence electrons. The minimum atomic E-state index is -3.31. The Morgan fingerprint density at radius 1 is 1.30 bits per heavy atom. The SMILES string of the molecule is CS(=O)(=O)c1ccc(CN=C(N)NC2CCCCCC2)cc1Cl. The minimum absolute atomic E-state index is 0.136. The first-order valence-electron chi connectivity index (χ1n) is 7.91. The summed E-state index contributed by atoms with van der Waals surface area (Å²) in [5, 5.41) is 3.50. The lowest BCUT2D eigenvalue weighted by Crippen LogP contribution is -2.39. The second-order valence-corrected chi connectivity index (χ2v) is 8.46. The quantitative estimate of drug-likeness (QED) is 0.493. The molecular weight excluding hydrogens is 334 g/mol. The Kier molecular flexibility index (Phi) is 6.30. The Morgan fingerprint density at radius 3 is 2.52 bits per heavy atom. The van der Waals surface area contributed by atoms with Crippen molar-refractivity contribution in [1.82, 2.24) is 5.32 Å². The molecule has 1 aliphatic carbocycles. The number of nitrogens with one attached hydrogen (secondary N) is 1. The predicted octanol–water partition coefficient (Wildman–Crippen LogP) is 2.87. The minimum Gasteiger partial charge on any atom is -0.370 e. The van der Waals surface area contributed by atoms with Gasteiger partial charge in [0.25, 0.3) is 0 Å². The van der Waals surface area contributed by atoms with Crippen molar-refractivity contribution in [1.29, 1.82) is 0 Å². The third-order valence-electron chi connectivity index (χ3n) is 4.03. The summed E-state index contributed by atoms with van der Waals surface area (Å²) in [5.74, 6) is 0.431. The summed E-state index contributed by atoms with van der Waals surface area (Å²) in [5.41, 5.74) is 6.78. The summed E-state index contributed by atoms with van der Waals surface area (Å²) in [6, 6.07) is 5.25. The van der Waals surface area contributed by atoms with Gasteiger partial charge in [-0.1, -0.05) is 43.4 Å². The molecule has 0 amide bonds. The van der Waals surface area contributed by atoms with Gasteiger partial charge in [-0.15, -0.1) is 0 Å². The van der Waals surface area contributed by atoms with E-state index in [1.165, 1.54) is 31.7 Å². The van der Waals surface area contributed by atoms with Crippen LogP contribution >= 0.6 is 11.6 Å². The first-order valence-corrected chi connectivity index (χ1v) is 10.2. The zero-order valence-corrected chi connectivity index (χ0v) is 15.0. The second kappa shape index (κ2) is 8.02. The summed E-state index contributed by atoms with van der Waals surface area (Å²) in [6.45, 7) is 0.370. The van der Waals surface area contributed by atoms with E-state index in [1.807, 2.05) is 0 Å². The molecule has 0 bridgehead atoms. The van der Waals surface area contributed by atoms with E-state index in [2.05, 4.69) is 10.3 Å². The number of rotatable bonds is 4. The highest BCUT2D eigenvalue weighted by Gasteiger charge is 2.13. The number of hydrogen-bond acceptors (Lipinski definition) is 3. The lowest BCUT2D eigenvalue weighted by molar-refractivity contribution is 0.530. The number of sulfone groups is 1. The van der Waals surface area contributed by atoms with Crippen LogP contribution in [0.15, 0.2) is 28.1 Å². The Bertz CT molecular complexity index is 666. The van der Waals surface area contributed by atoms with E-state index < -0.39 is 9.84 Å². The van der Waals surface area contributed by atoms with Gasteiger partial charge in [-0.05, 0) is 30.5 Å². The molecule has 1 aromatic rings. The molecule has 5 nitrogen and oxygen atoms in total. The van der Waals surface area contributed by atoms with Gasteiger partial charge >= 0.3 is 0 Å². The van der Waals surface area contributed by atoms with Crippen molar-refractivity contribution in [3.8, 4) is 0 Å². The maximum atomic E-state index is 11.5. The van der Waals surface area contributed by atoms with Gasteiger partial charge in [-0.2, -0.15) is 0 Å². The average molecular weight is 358 g/mol. The third-order valence-corrected chi connectivity index (χ3v) is 5.61. The van der Waals surface area contributed by atoms with E-state index in [0.29, 0.717) is 18.5 Å². The van der Waals surface area contributed by atoms with Gasteiger partial charge in [0.05, 0.1) is 16.5 Å². The maximum absolute atomic E-state index is 11.5. The van der Waals surface area contributed by atoms with E-state index in [-0.39, 0.29) is 9.92 Å². The fourth-order valence-electron chi connectivity index (χ4n) is 2.80. The van der Waals surface area contributed by atoms with Crippen molar-refractivity contribution < 1.29 is 8.42 Å². The van der Waals surface area contributed by atoms with Gasteiger partial charge in [0.1, 0.15) is 0 Å². The van der Waals surface area contributed by atoms with Crippen LogP contribution in [0.2, 0.25) is 5.02 Å². The molecule has 0 saturated heterocycles. The Hall–Kier alpha value is -1.27. The van der Waals surface area contributed by atoms with Crippen molar-refractivity contribution in [2.45, 2.75) is 56.0 Å². The first-order chi connectivity index (χ1) is 10.9. The highest BCUT2D eigenvalue weighted by molar-refractivity contribution is 7.90. The summed E-state index contributed by atoms with van der Waals surface area (Å²) in [4.78, 5) is 4.46. The second-order valence-electron chi connectivity index (χ2n) is 6.07. The molecule has 0 atom stereocenters. The fraction of sp³-hybridized carbons (Fsp3) is 0.562. The van der Waals surface area contributed by atoms with E-state index in [1.54, 1.807) is 12.1 Å². The molecule has 0 radical (unpaired) electrons. The smallest absolute Gasteiger partial charge is 0.189 e. The van der Waals surface area contributed by atoms with Crippen molar-refractivity contribution in [3.05, 3.63) is 28.8 Å². The van der Waals surface area contributed by atoms with Crippen LogP contribution in [0.1, 0.15) is 44.1 Å². The van der Waals surface area contributed by atoms with E-state index in [0.717, 1.165) is 24.7 Å². The highest BCUT2D eigenvalue weighted by Crippen LogP contribution is 2.23. The summed E-state index contributed by atoms with van der Waals surface area (Å²) in [7, 11) is -3.31. The number of nitrogens with two attached hydrogens (primary N) is 1. The third kappa shape index (κ3) is 5.70. The molecule has 0 aliphatic heterocycles. The van der Waals surface area contributed by atoms with Gasteiger partial charge in [0.15, 0.2) is 15.8 Å². The first kappa shape index (κ1) is 18.1. The topological polar surface area (TPSA) is 84.5 Å². The number of nitrogens with zero attached hydrogens (tertiary/aromatic N) is 1. The van der Waals surface area contributed by atoms with E-state index >= 15 is 0 Å².